The Morgan fingerprint density at radius 2 is 2.10 bits per heavy atom. The lowest BCUT2D eigenvalue weighted by Crippen LogP contribution is -2.05. The highest BCUT2D eigenvalue weighted by Gasteiger charge is 2.08. The first-order valence-corrected chi connectivity index (χ1v) is 6.14. The highest BCUT2D eigenvalue weighted by Crippen LogP contribution is 2.23. The molecular formula is C14H13FN4O2. The van der Waals surface area contributed by atoms with Gasteiger partial charge in [0.15, 0.2) is 23.1 Å². The molecule has 1 aromatic heterocycles. The van der Waals surface area contributed by atoms with Gasteiger partial charge in [0.2, 0.25) is 0 Å². The fourth-order valence-corrected chi connectivity index (χ4v) is 1.58. The van der Waals surface area contributed by atoms with Crippen LogP contribution in [0.15, 0.2) is 30.6 Å². The molecule has 7 heteroatoms. The number of hydrogen-bond donors (Lipinski definition) is 1. The topological polar surface area (TPSA) is 80.1 Å². The zero-order valence-corrected chi connectivity index (χ0v) is 11.3. The Kier molecular flexibility index (Phi) is 5.01. The van der Waals surface area contributed by atoms with Gasteiger partial charge in [0.05, 0.1) is 6.61 Å². The molecule has 0 radical (unpaired) electrons. The van der Waals surface area contributed by atoms with Crippen LogP contribution in [0.1, 0.15) is 5.69 Å². The standard InChI is InChI=1S/C14H13FN4O2/c1-20-6-7-21-13-3-2-10(8-11(13)15)19-14-12(9-16)17-4-5-18-14/h2-5,8H,6-7H2,1H3,(H,18,19). The zero-order valence-electron chi connectivity index (χ0n) is 11.3. The maximum absolute atomic E-state index is 13.9. The minimum atomic E-state index is -0.515. The predicted octanol–water partition coefficient (Wildman–Crippen LogP) is 2.26. The number of nitrogens with zero attached hydrogens (tertiary/aromatic N) is 3. The average molecular weight is 288 g/mol. The van der Waals surface area contributed by atoms with Crippen LogP contribution in [0.4, 0.5) is 15.9 Å². The smallest absolute Gasteiger partial charge is 0.183 e. The molecule has 21 heavy (non-hydrogen) atoms. The number of aromatic nitrogens is 2. The van der Waals surface area contributed by atoms with Crippen molar-refractivity contribution >= 4 is 11.5 Å². The van der Waals surface area contributed by atoms with Crippen molar-refractivity contribution in [1.29, 1.82) is 5.26 Å². The van der Waals surface area contributed by atoms with Gasteiger partial charge in [-0.05, 0) is 12.1 Å². The molecule has 0 bridgehead atoms. The van der Waals surface area contributed by atoms with Crippen LogP contribution >= 0.6 is 0 Å². The summed E-state index contributed by atoms with van der Waals surface area (Å²) in [7, 11) is 1.54. The predicted molar refractivity (Wildman–Crippen MR) is 73.8 cm³/mol. The second-order valence-corrected chi connectivity index (χ2v) is 3.98. The second kappa shape index (κ2) is 7.17. The molecule has 0 atom stereocenters. The first-order valence-electron chi connectivity index (χ1n) is 6.14. The molecule has 0 saturated heterocycles. The van der Waals surface area contributed by atoms with Gasteiger partial charge in [0.1, 0.15) is 12.7 Å². The molecule has 108 valence electrons. The third-order valence-corrected chi connectivity index (χ3v) is 2.54. The summed E-state index contributed by atoms with van der Waals surface area (Å²) >= 11 is 0. The highest BCUT2D eigenvalue weighted by atomic mass is 19.1. The fraction of sp³-hybridized carbons (Fsp3) is 0.214. The van der Waals surface area contributed by atoms with Gasteiger partial charge in [0.25, 0.3) is 0 Å². The van der Waals surface area contributed by atoms with Gasteiger partial charge in [-0.1, -0.05) is 0 Å². The zero-order chi connectivity index (χ0) is 15.1. The van der Waals surface area contributed by atoms with Crippen LogP contribution in [0.2, 0.25) is 0 Å². The molecule has 0 fully saturated rings. The maximum Gasteiger partial charge on any atom is 0.183 e. The van der Waals surface area contributed by atoms with Crippen LogP contribution in [0.3, 0.4) is 0 Å². The molecule has 0 aliphatic rings. The van der Waals surface area contributed by atoms with Gasteiger partial charge in [-0.15, -0.1) is 0 Å². The summed E-state index contributed by atoms with van der Waals surface area (Å²) in [5, 5.41) is 11.8. The summed E-state index contributed by atoms with van der Waals surface area (Å²) in [6, 6.07) is 6.29. The summed E-state index contributed by atoms with van der Waals surface area (Å²) in [4.78, 5) is 7.86. The van der Waals surface area contributed by atoms with Gasteiger partial charge < -0.3 is 14.8 Å². The number of halogens is 1. The van der Waals surface area contributed by atoms with E-state index in [0.29, 0.717) is 12.3 Å². The summed E-state index contributed by atoms with van der Waals surface area (Å²) in [5.41, 5.74) is 0.585. The van der Waals surface area contributed by atoms with E-state index < -0.39 is 5.82 Å². The number of nitrogens with one attached hydrogen (secondary N) is 1. The maximum atomic E-state index is 13.9. The number of methoxy groups -OCH3 is 1. The molecule has 1 heterocycles. The van der Waals surface area contributed by atoms with E-state index in [-0.39, 0.29) is 23.9 Å². The van der Waals surface area contributed by atoms with Crippen molar-refractivity contribution in [3.63, 3.8) is 0 Å². The Morgan fingerprint density at radius 1 is 1.29 bits per heavy atom. The first kappa shape index (κ1) is 14.7. The van der Waals surface area contributed by atoms with Crippen LogP contribution in [-0.4, -0.2) is 30.3 Å². The molecule has 6 nitrogen and oxygen atoms in total. The Bertz CT molecular complexity index is 658. The summed E-state index contributed by atoms with van der Waals surface area (Å²) < 4.78 is 23.9. The highest BCUT2D eigenvalue weighted by molar-refractivity contribution is 5.61. The lowest BCUT2D eigenvalue weighted by Gasteiger charge is -2.10. The molecule has 0 aliphatic heterocycles. The monoisotopic (exact) mass is 288 g/mol. The van der Waals surface area contributed by atoms with Gasteiger partial charge in [-0.3, -0.25) is 0 Å². The second-order valence-electron chi connectivity index (χ2n) is 3.98. The van der Waals surface area contributed by atoms with E-state index in [4.69, 9.17) is 14.7 Å². The van der Waals surface area contributed by atoms with Crippen molar-refractivity contribution in [1.82, 2.24) is 9.97 Å². The van der Waals surface area contributed by atoms with Crippen LogP contribution < -0.4 is 10.1 Å². The Morgan fingerprint density at radius 3 is 2.81 bits per heavy atom. The van der Waals surface area contributed by atoms with Gasteiger partial charge in [0, 0.05) is 31.3 Å². The van der Waals surface area contributed by atoms with Crippen molar-refractivity contribution < 1.29 is 13.9 Å². The van der Waals surface area contributed by atoms with Crippen LogP contribution in [0, 0.1) is 17.1 Å². The third kappa shape index (κ3) is 3.87. The molecule has 0 aliphatic carbocycles. The number of anilines is 2. The molecule has 0 unspecified atom stereocenters. The quantitative estimate of drug-likeness (QED) is 0.821. The molecule has 0 saturated carbocycles. The van der Waals surface area contributed by atoms with E-state index in [9.17, 15) is 4.39 Å². The Hall–Kier alpha value is -2.72. The largest absolute Gasteiger partial charge is 0.488 e. The fourth-order valence-electron chi connectivity index (χ4n) is 1.58. The number of benzene rings is 1. The number of hydrogen-bond acceptors (Lipinski definition) is 6. The summed E-state index contributed by atoms with van der Waals surface area (Å²) in [5.74, 6) is -0.108. The first-order chi connectivity index (χ1) is 10.2. The number of rotatable bonds is 6. The third-order valence-electron chi connectivity index (χ3n) is 2.54. The van der Waals surface area contributed by atoms with Crippen LogP contribution in [0.25, 0.3) is 0 Å². The molecule has 2 aromatic rings. The van der Waals surface area contributed by atoms with E-state index in [2.05, 4.69) is 15.3 Å². The Balaban J connectivity index is 2.11. The van der Waals surface area contributed by atoms with Crippen LogP contribution in [-0.2, 0) is 4.74 Å². The van der Waals surface area contributed by atoms with Crippen molar-refractivity contribution in [2.75, 3.05) is 25.6 Å². The van der Waals surface area contributed by atoms with Crippen molar-refractivity contribution in [2.24, 2.45) is 0 Å². The van der Waals surface area contributed by atoms with E-state index in [0.717, 1.165) is 0 Å². The Labute approximate surface area is 121 Å². The normalized spacial score (nSPS) is 9.95. The SMILES string of the molecule is COCCOc1ccc(Nc2nccnc2C#N)cc1F. The van der Waals surface area contributed by atoms with Crippen molar-refractivity contribution in [2.45, 2.75) is 0 Å². The molecule has 1 N–H and O–H groups in total. The van der Waals surface area contributed by atoms with E-state index in [1.807, 2.05) is 6.07 Å². The average Bonchev–Trinajstić information content (AvgIpc) is 2.50. The molecule has 2 rings (SSSR count). The van der Waals surface area contributed by atoms with Crippen molar-refractivity contribution in [3.8, 4) is 11.8 Å². The van der Waals surface area contributed by atoms with Crippen LogP contribution in [0.5, 0.6) is 5.75 Å². The number of ether oxygens (including phenoxy) is 2. The van der Waals surface area contributed by atoms with Crippen molar-refractivity contribution in [3.05, 3.63) is 42.1 Å². The minimum absolute atomic E-state index is 0.136. The van der Waals surface area contributed by atoms with Gasteiger partial charge in [-0.2, -0.15) is 5.26 Å². The summed E-state index contributed by atoms with van der Waals surface area (Å²) in [6.45, 7) is 0.646. The molecule has 0 amide bonds. The lowest BCUT2D eigenvalue weighted by atomic mass is 10.3. The number of nitriles is 1. The lowest BCUT2D eigenvalue weighted by molar-refractivity contribution is 0.144. The van der Waals surface area contributed by atoms with Gasteiger partial charge in [-0.25, -0.2) is 14.4 Å². The van der Waals surface area contributed by atoms with E-state index >= 15 is 0 Å². The molecule has 0 spiro atoms. The van der Waals surface area contributed by atoms with Gasteiger partial charge >= 0.3 is 0 Å². The molecule has 1 aromatic carbocycles. The van der Waals surface area contributed by atoms with E-state index in [1.54, 1.807) is 13.2 Å². The molecular weight excluding hydrogens is 275 g/mol. The van der Waals surface area contributed by atoms with E-state index in [1.165, 1.54) is 24.5 Å². The summed E-state index contributed by atoms with van der Waals surface area (Å²) in [6.07, 6.45) is 2.86. The minimum Gasteiger partial charge on any atom is -0.488 e.